The van der Waals surface area contributed by atoms with Crippen molar-refractivity contribution in [3.05, 3.63) is 15.9 Å². The molecule has 1 aromatic rings. The summed E-state index contributed by atoms with van der Waals surface area (Å²) in [4.78, 5) is 0. The van der Waals surface area contributed by atoms with Gasteiger partial charge in [-0.25, -0.2) is 4.39 Å². The van der Waals surface area contributed by atoms with E-state index in [1.54, 1.807) is 6.92 Å². The van der Waals surface area contributed by atoms with Crippen LogP contribution in [0.5, 0.6) is 0 Å². The molecule has 0 N–H and O–H groups in total. The van der Waals surface area contributed by atoms with Crippen LogP contribution >= 0.6 is 15.9 Å². The van der Waals surface area contributed by atoms with Crippen LogP contribution in [0.1, 0.15) is 37.9 Å². The Kier molecular flexibility index (Phi) is 2.41. The van der Waals surface area contributed by atoms with Crippen molar-refractivity contribution in [2.75, 3.05) is 0 Å². The molecule has 4 heteroatoms. The molecule has 2 rings (SSSR count). The Balaban J connectivity index is 2.58. The molecule has 0 aromatic carbocycles. The first-order valence-electron chi connectivity index (χ1n) is 5.01. The molecule has 14 heavy (non-hydrogen) atoms. The summed E-state index contributed by atoms with van der Waals surface area (Å²) in [5.74, 6) is 0. The Morgan fingerprint density at radius 1 is 1.64 bits per heavy atom. The zero-order valence-corrected chi connectivity index (χ0v) is 10.1. The van der Waals surface area contributed by atoms with E-state index in [-0.39, 0.29) is 0 Å². The van der Waals surface area contributed by atoms with Crippen molar-refractivity contribution >= 4 is 15.9 Å². The Labute approximate surface area is 91.6 Å². The van der Waals surface area contributed by atoms with Crippen LogP contribution in [-0.4, -0.2) is 9.78 Å². The third-order valence-electron chi connectivity index (χ3n) is 2.90. The summed E-state index contributed by atoms with van der Waals surface area (Å²) >= 11 is 3.35. The summed E-state index contributed by atoms with van der Waals surface area (Å²) in [7, 11) is 0. The molecular weight excluding hydrogens is 247 g/mol. The lowest BCUT2D eigenvalue weighted by Crippen LogP contribution is -2.23. The third-order valence-corrected chi connectivity index (χ3v) is 3.45. The maximum atomic E-state index is 14.2. The second-order valence-corrected chi connectivity index (χ2v) is 4.73. The molecule has 1 unspecified atom stereocenters. The molecule has 0 amide bonds. The first-order valence-corrected chi connectivity index (χ1v) is 5.80. The van der Waals surface area contributed by atoms with E-state index in [0.717, 1.165) is 30.6 Å². The van der Waals surface area contributed by atoms with E-state index >= 15 is 0 Å². The van der Waals surface area contributed by atoms with Crippen molar-refractivity contribution < 1.29 is 4.39 Å². The van der Waals surface area contributed by atoms with Gasteiger partial charge in [-0.05, 0) is 49.0 Å². The number of halogens is 2. The van der Waals surface area contributed by atoms with E-state index in [1.807, 2.05) is 11.6 Å². The zero-order valence-electron chi connectivity index (χ0n) is 8.48. The largest absolute Gasteiger partial charge is 0.268 e. The van der Waals surface area contributed by atoms with Gasteiger partial charge >= 0.3 is 0 Å². The van der Waals surface area contributed by atoms with Crippen molar-refractivity contribution in [1.82, 2.24) is 9.78 Å². The molecule has 2 nitrogen and oxygen atoms in total. The minimum absolute atomic E-state index is 0.605. The molecular formula is C10H14BrFN2. The van der Waals surface area contributed by atoms with Crippen LogP contribution in [0.3, 0.4) is 0 Å². The summed E-state index contributed by atoms with van der Waals surface area (Å²) < 4.78 is 16.8. The fourth-order valence-corrected chi connectivity index (χ4v) is 3.04. The standard InChI is InChI=1S/C10H14BrFN2/c1-3-14-7-5-4-6-10(2,12)8(7)9(11)13-14/h3-6H2,1-2H3. The minimum atomic E-state index is -1.21. The van der Waals surface area contributed by atoms with Crippen LogP contribution in [0.25, 0.3) is 0 Å². The predicted octanol–water partition coefficient (Wildman–Crippen LogP) is 3.19. The lowest BCUT2D eigenvalue weighted by atomic mass is 9.86. The van der Waals surface area contributed by atoms with E-state index in [1.165, 1.54) is 0 Å². The van der Waals surface area contributed by atoms with E-state index in [0.29, 0.717) is 11.0 Å². The van der Waals surface area contributed by atoms with E-state index in [9.17, 15) is 4.39 Å². The van der Waals surface area contributed by atoms with Gasteiger partial charge in [-0.15, -0.1) is 0 Å². The molecule has 1 atom stereocenters. The van der Waals surface area contributed by atoms with Crippen LogP contribution in [-0.2, 0) is 18.6 Å². The number of alkyl halides is 1. The summed E-state index contributed by atoms with van der Waals surface area (Å²) in [5, 5.41) is 4.30. The van der Waals surface area contributed by atoms with Crippen molar-refractivity contribution in [2.24, 2.45) is 0 Å². The molecule has 0 saturated carbocycles. The Morgan fingerprint density at radius 2 is 2.36 bits per heavy atom. The molecule has 0 fully saturated rings. The number of hydrogen-bond donors (Lipinski definition) is 0. The summed E-state index contributed by atoms with van der Waals surface area (Å²) in [5.41, 5.74) is 0.626. The van der Waals surface area contributed by atoms with Gasteiger partial charge in [0.05, 0.1) is 0 Å². The van der Waals surface area contributed by atoms with Gasteiger partial charge in [0.25, 0.3) is 0 Å². The summed E-state index contributed by atoms with van der Waals surface area (Å²) in [6.45, 7) is 4.49. The normalized spacial score (nSPS) is 26.3. The highest BCUT2D eigenvalue weighted by atomic mass is 79.9. The zero-order chi connectivity index (χ0) is 10.3. The second-order valence-electron chi connectivity index (χ2n) is 3.98. The van der Waals surface area contributed by atoms with Gasteiger partial charge in [-0.1, -0.05) is 0 Å². The minimum Gasteiger partial charge on any atom is -0.268 e. The maximum Gasteiger partial charge on any atom is 0.137 e. The van der Waals surface area contributed by atoms with Crippen LogP contribution < -0.4 is 0 Å². The van der Waals surface area contributed by atoms with Gasteiger partial charge in [-0.3, -0.25) is 4.68 Å². The number of nitrogens with zero attached hydrogens (tertiary/aromatic N) is 2. The molecule has 0 radical (unpaired) electrons. The first kappa shape index (κ1) is 10.1. The Morgan fingerprint density at radius 3 is 3.00 bits per heavy atom. The van der Waals surface area contributed by atoms with Crippen LogP contribution in [0, 0.1) is 0 Å². The van der Waals surface area contributed by atoms with Crippen molar-refractivity contribution in [1.29, 1.82) is 0 Å². The molecule has 78 valence electrons. The lowest BCUT2D eigenvalue weighted by Gasteiger charge is -2.26. The lowest BCUT2D eigenvalue weighted by molar-refractivity contribution is 0.160. The number of rotatable bonds is 1. The molecule has 1 aromatic heterocycles. The number of hydrogen-bond acceptors (Lipinski definition) is 1. The van der Waals surface area contributed by atoms with E-state index in [2.05, 4.69) is 21.0 Å². The highest BCUT2D eigenvalue weighted by Crippen LogP contribution is 2.41. The Hall–Kier alpha value is -0.380. The molecule has 0 aliphatic heterocycles. The van der Waals surface area contributed by atoms with Crippen molar-refractivity contribution in [2.45, 2.75) is 45.3 Å². The second kappa shape index (κ2) is 3.33. The Bertz CT molecular complexity index is 357. The fraction of sp³-hybridized carbons (Fsp3) is 0.700. The molecule has 1 heterocycles. The van der Waals surface area contributed by atoms with Gasteiger partial charge < -0.3 is 0 Å². The maximum absolute atomic E-state index is 14.2. The van der Waals surface area contributed by atoms with Gasteiger partial charge in [0.15, 0.2) is 0 Å². The van der Waals surface area contributed by atoms with E-state index in [4.69, 9.17) is 0 Å². The molecule has 1 aliphatic rings. The smallest absolute Gasteiger partial charge is 0.137 e. The fourth-order valence-electron chi connectivity index (χ4n) is 2.21. The van der Waals surface area contributed by atoms with Crippen LogP contribution in [0.15, 0.2) is 4.60 Å². The molecule has 0 spiro atoms. The van der Waals surface area contributed by atoms with Crippen molar-refractivity contribution in [3.63, 3.8) is 0 Å². The number of fused-ring (bicyclic) bond motifs is 1. The van der Waals surface area contributed by atoms with Gasteiger partial charge in [0.1, 0.15) is 10.3 Å². The van der Waals surface area contributed by atoms with Gasteiger partial charge in [0.2, 0.25) is 0 Å². The third kappa shape index (κ3) is 1.40. The first-order chi connectivity index (χ1) is 6.56. The number of aromatic nitrogens is 2. The molecule has 1 aliphatic carbocycles. The predicted molar refractivity (Wildman–Crippen MR) is 57.0 cm³/mol. The van der Waals surface area contributed by atoms with Crippen molar-refractivity contribution in [3.8, 4) is 0 Å². The average Bonchev–Trinajstić information content (AvgIpc) is 2.43. The highest BCUT2D eigenvalue weighted by Gasteiger charge is 2.37. The number of aryl methyl sites for hydroxylation is 1. The summed E-state index contributed by atoms with van der Waals surface area (Å²) in [6, 6.07) is 0. The monoisotopic (exact) mass is 260 g/mol. The average molecular weight is 261 g/mol. The van der Waals surface area contributed by atoms with Gasteiger partial charge in [-0.2, -0.15) is 5.10 Å². The molecule has 0 bridgehead atoms. The topological polar surface area (TPSA) is 17.8 Å². The van der Waals surface area contributed by atoms with Crippen LogP contribution in [0.4, 0.5) is 4.39 Å². The van der Waals surface area contributed by atoms with Crippen LogP contribution in [0.2, 0.25) is 0 Å². The van der Waals surface area contributed by atoms with E-state index < -0.39 is 5.67 Å². The highest BCUT2D eigenvalue weighted by molar-refractivity contribution is 9.10. The van der Waals surface area contributed by atoms with Gasteiger partial charge in [0, 0.05) is 17.8 Å². The summed E-state index contributed by atoms with van der Waals surface area (Å²) in [6.07, 6.45) is 2.47. The quantitative estimate of drug-likeness (QED) is 0.759. The molecule has 0 saturated heterocycles. The SMILES string of the molecule is CCn1nc(Br)c2c1CCCC2(C)F.